The number of carbonyl (C=O) groups is 1. The fraction of sp³-hybridized carbons (Fsp3) is 0.188. The number of alkyl halides is 3. The van der Waals surface area contributed by atoms with E-state index in [1.807, 2.05) is 0 Å². The molecule has 0 fully saturated rings. The standard InChI is InChI=1S/C16H14ClF3N2O/c1-22(10-11-5-4-6-12(17)9-11)15(23)21-14-8-3-2-7-13(14)16(18,19)20/h2-9H,10H2,1H3,(H,21,23). The Morgan fingerprint density at radius 2 is 1.87 bits per heavy atom. The molecule has 0 radical (unpaired) electrons. The van der Waals surface area contributed by atoms with Crippen molar-refractivity contribution in [2.75, 3.05) is 12.4 Å². The Morgan fingerprint density at radius 1 is 1.17 bits per heavy atom. The van der Waals surface area contributed by atoms with E-state index >= 15 is 0 Å². The Morgan fingerprint density at radius 3 is 2.52 bits per heavy atom. The van der Waals surface area contributed by atoms with Crippen molar-refractivity contribution in [2.45, 2.75) is 12.7 Å². The van der Waals surface area contributed by atoms with Crippen LogP contribution in [0, 0.1) is 0 Å². The number of nitrogens with one attached hydrogen (secondary N) is 1. The molecule has 0 saturated carbocycles. The highest BCUT2D eigenvalue weighted by atomic mass is 35.5. The van der Waals surface area contributed by atoms with Gasteiger partial charge in [-0.1, -0.05) is 35.9 Å². The van der Waals surface area contributed by atoms with Gasteiger partial charge in [-0.25, -0.2) is 4.79 Å². The van der Waals surface area contributed by atoms with Crippen LogP contribution in [0.15, 0.2) is 48.5 Å². The van der Waals surface area contributed by atoms with Crippen LogP contribution in [0.25, 0.3) is 0 Å². The Labute approximate surface area is 136 Å². The number of rotatable bonds is 3. The molecule has 0 atom stereocenters. The Hall–Kier alpha value is -2.21. The molecule has 0 aliphatic carbocycles. The van der Waals surface area contributed by atoms with Crippen molar-refractivity contribution in [3.8, 4) is 0 Å². The molecule has 0 heterocycles. The van der Waals surface area contributed by atoms with Crippen molar-refractivity contribution in [3.63, 3.8) is 0 Å². The highest BCUT2D eigenvalue weighted by Gasteiger charge is 2.33. The largest absolute Gasteiger partial charge is 0.418 e. The fourth-order valence-electron chi connectivity index (χ4n) is 2.03. The average molecular weight is 343 g/mol. The molecule has 23 heavy (non-hydrogen) atoms. The van der Waals surface area contributed by atoms with Crippen molar-refractivity contribution in [1.82, 2.24) is 4.90 Å². The maximum absolute atomic E-state index is 12.9. The molecule has 1 N–H and O–H groups in total. The van der Waals surface area contributed by atoms with Gasteiger partial charge in [-0.15, -0.1) is 0 Å². The molecule has 122 valence electrons. The van der Waals surface area contributed by atoms with Crippen LogP contribution in [-0.4, -0.2) is 18.0 Å². The summed E-state index contributed by atoms with van der Waals surface area (Å²) in [6, 6.07) is 11.1. The van der Waals surface area contributed by atoms with Crippen molar-refractivity contribution in [3.05, 3.63) is 64.7 Å². The number of halogens is 4. The third-order valence-corrected chi connectivity index (χ3v) is 3.36. The van der Waals surface area contributed by atoms with Gasteiger partial charge < -0.3 is 10.2 Å². The Bertz CT molecular complexity index is 704. The predicted molar refractivity (Wildman–Crippen MR) is 83.4 cm³/mol. The summed E-state index contributed by atoms with van der Waals surface area (Å²) in [6.45, 7) is 0.223. The molecule has 0 bridgehead atoms. The fourth-order valence-corrected chi connectivity index (χ4v) is 2.24. The van der Waals surface area contributed by atoms with Gasteiger partial charge in [0.15, 0.2) is 0 Å². The number of carbonyl (C=O) groups excluding carboxylic acids is 1. The number of benzene rings is 2. The van der Waals surface area contributed by atoms with Gasteiger partial charge in [0.05, 0.1) is 11.3 Å². The molecule has 0 aliphatic rings. The van der Waals surface area contributed by atoms with Gasteiger partial charge >= 0.3 is 12.2 Å². The molecule has 0 spiro atoms. The molecule has 0 aromatic heterocycles. The molecule has 0 saturated heterocycles. The van der Waals surface area contributed by atoms with Gasteiger partial charge in [-0.2, -0.15) is 13.2 Å². The molecule has 2 rings (SSSR count). The summed E-state index contributed by atoms with van der Waals surface area (Å²) in [4.78, 5) is 13.4. The number of hydrogen-bond donors (Lipinski definition) is 1. The summed E-state index contributed by atoms with van der Waals surface area (Å²) in [5.41, 5.74) is -0.383. The molecular weight excluding hydrogens is 329 g/mol. The van der Waals surface area contributed by atoms with Gasteiger partial charge in [0.2, 0.25) is 0 Å². The van der Waals surface area contributed by atoms with Gasteiger partial charge in [0.1, 0.15) is 0 Å². The number of urea groups is 1. The molecule has 3 nitrogen and oxygen atoms in total. The minimum atomic E-state index is -4.53. The molecular formula is C16H14ClF3N2O. The second kappa shape index (κ2) is 6.91. The summed E-state index contributed by atoms with van der Waals surface area (Å²) < 4.78 is 38.7. The van der Waals surface area contributed by atoms with Gasteiger partial charge in [0.25, 0.3) is 0 Å². The first-order valence-corrected chi connectivity index (χ1v) is 7.08. The summed E-state index contributed by atoms with van der Waals surface area (Å²) in [6.07, 6.45) is -4.53. The van der Waals surface area contributed by atoms with E-state index in [1.165, 1.54) is 30.1 Å². The number of hydrogen-bond acceptors (Lipinski definition) is 1. The normalized spacial score (nSPS) is 11.2. The van der Waals surface area contributed by atoms with E-state index in [9.17, 15) is 18.0 Å². The summed E-state index contributed by atoms with van der Waals surface area (Å²) in [5.74, 6) is 0. The number of nitrogens with zero attached hydrogens (tertiary/aromatic N) is 1. The minimum Gasteiger partial charge on any atom is -0.323 e. The topological polar surface area (TPSA) is 32.3 Å². The van der Waals surface area contributed by atoms with Crippen molar-refractivity contribution >= 4 is 23.3 Å². The summed E-state index contributed by atoms with van der Waals surface area (Å²) in [5, 5.41) is 2.81. The zero-order chi connectivity index (χ0) is 17.0. The van der Waals surface area contributed by atoms with E-state index in [4.69, 9.17) is 11.6 Å². The maximum atomic E-state index is 12.9. The van der Waals surface area contributed by atoms with Crippen molar-refractivity contribution in [1.29, 1.82) is 0 Å². The molecule has 2 aromatic rings. The Balaban J connectivity index is 2.10. The molecule has 7 heteroatoms. The van der Waals surface area contributed by atoms with Crippen LogP contribution < -0.4 is 5.32 Å². The zero-order valence-electron chi connectivity index (χ0n) is 12.2. The molecule has 2 amide bonds. The first-order chi connectivity index (χ1) is 10.8. The van der Waals surface area contributed by atoms with Crippen molar-refractivity contribution < 1.29 is 18.0 Å². The smallest absolute Gasteiger partial charge is 0.323 e. The molecule has 0 unspecified atom stereocenters. The van der Waals surface area contributed by atoms with Crippen LogP contribution >= 0.6 is 11.6 Å². The van der Waals surface area contributed by atoms with E-state index in [1.54, 1.807) is 24.3 Å². The second-order valence-electron chi connectivity index (χ2n) is 4.96. The van der Waals surface area contributed by atoms with Crippen LogP contribution in [0.1, 0.15) is 11.1 Å². The van der Waals surface area contributed by atoms with E-state index < -0.39 is 17.8 Å². The highest BCUT2D eigenvalue weighted by molar-refractivity contribution is 6.30. The average Bonchev–Trinajstić information content (AvgIpc) is 2.46. The molecule has 2 aromatic carbocycles. The first kappa shape index (κ1) is 17.1. The molecule has 0 aliphatic heterocycles. The van der Waals surface area contributed by atoms with E-state index in [2.05, 4.69) is 5.32 Å². The SMILES string of the molecule is CN(Cc1cccc(Cl)c1)C(=O)Nc1ccccc1C(F)(F)F. The van der Waals surface area contributed by atoms with Crippen LogP contribution in [-0.2, 0) is 12.7 Å². The van der Waals surface area contributed by atoms with Crippen LogP contribution in [0.4, 0.5) is 23.7 Å². The van der Waals surface area contributed by atoms with E-state index in [-0.39, 0.29) is 12.2 Å². The van der Waals surface area contributed by atoms with E-state index in [0.717, 1.165) is 11.6 Å². The lowest BCUT2D eigenvalue weighted by molar-refractivity contribution is -0.136. The van der Waals surface area contributed by atoms with Crippen LogP contribution in [0.3, 0.4) is 0 Å². The minimum absolute atomic E-state index is 0.223. The number of amides is 2. The third-order valence-electron chi connectivity index (χ3n) is 3.13. The van der Waals surface area contributed by atoms with Gasteiger partial charge in [0, 0.05) is 18.6 Å². The third kappa shape index (κ3) is 4.63. The number of anilines is 1. The van der Waals surface area contributed by atoms with Gasteiger partial charge in [-0.3, -0.25) is 0 Å². The zero-order valence-corrected chi connectivity index (χ0v) is 12.9. The lowest BCUT2D eigenvalue weighted by Gasteiger charge is -2.20. The van der Waals surface area contributed by atoms with E-state index in [0.29, 0.717) is 5.02 Å². The lowest BCUT2D eigenvalue weighted by atomic mass is 10.1. The predicted octanol–water partition coefficient (Wildman–Crippen LogP) is 5.02. The van der Waals surface area contributed by atoms with Crippen LogP contribution in [0.2, 0.25) is 5.02 Å². The Kier molecular flexibility index (Phi) is 5.15. The number of para-hydroxylation sites is 1. The lowest BCUT2D eigenvalue weighted by Crippen LogP contribution is -2.31. The first-order valence-electron chi connectivity index (χ1n) is 6.70. The monoisotopic (exact) mass is 342 g/mol. The second-order valence-corrected chi connectivity index (χ2v) is 5.40. The van der Waals surface area contributed by atoms with Crippen molar-refractivity contribution in [2.24, 2.45) is 0 Å². The quantitative estimate of drug-likeness (QED) is 0.834. The van der Waals surface area contributed by atoms with Gasteiger partial charge in [-0.05, 0) is 29.8 Å². The summed E-state index contributed by atoms with van der Waals surface area (Å²) in [7, 11) is 1.49. The highest BCUT2D eigenvalue weighted by Crippen LogP contribution is 2.34. The summed E-state index contributed by atoms with van der Waals surface area (Å²) >= 11 is 5.86. The maximum Gasteiger partial charge on any atom is 0.418 e. The van der Waals surface area contributed by atoms with Crippen LogP contribution in [0.5, 0.6) is 0 Å².